The molecule has 0 spiro atoms. The minimum absolute atomic E-state index is 0.0302. The molecule has 0 aromatic heterocycles. The van der Waals surface area contributed by atoms with E-state index in [0.29, 0.717) is 19.6 Å². The Balaban J connectivity index is 3.94. The SMILES string of the molecule is CCCCCCCCCOC(=O)CCCCCCCN(CCO)CCCCCCCOC(=O)C(CCCCCCCC)CCCCCCCC. The van der Waals surface area contributed by atoms with Gasteiger partial charge in [-0.25, -0.2) is 0 Å². The van der Waals surface area contributed by atoms with Crippen molar-refractivity contribution in [1.82, 2.24) is 4.90 Å². The lowest BCUT2D eigenvalue weighted by molar-refractivity contribution is -0.149. The van der Waals surface area contributed by atoms with Crippen molar-refractivity contribution < 1.29 is 24.2 Å². The van der Waals surface area contributed by atoms with E-state index in [9.17, 15) is 14.7 Å². The molecule has 0 aromatic rings. The first-order chi connectivity index (χ1) is 24.6. The number of rotatable bonds is 41. The van der Waals surface area contributed by atoms with E-state index in [0.717, 1.165) is 96.7 Å². The lowest BCUT2D eigenvalue weighted by Gasteiger charge is -2.21. The fourth-order valence-electron chi connectivity index (χ4n) is 6.91. The Morgan fingerprint density at radius 1 is 0.460 bits per heavy atom. The number of esters is 2. The second-order valence-corrected chi connectivity index (χ2v) is 15.2. The monoisotopic (exact) mass is 710 g/mol. The number of hydrogen-bond donors (Lipinski definition) is 1. The smallest absolute Gasteiger partial charge is 0.308 e. The van der Waals surface area contributed by atoms with Crippen LogP contribution in [0.4, 0.5) is 0 Å². The molecule has 0 aliphatic heterocycles. The Kier molecular flexibility index (Phi) is 39.7. The summed E-state index contributed by atoms with van der Waals surface area (Å²) in [7, 11) is 0. The molecule has 0 saturated carbocycles. The summed E-state index contributed by atoms with van der Waals surface area (Å²) >= 11 is 0. The van der Waals surface area contributed by atoms with Crippen molar-refractivity contribution in [3.05, 3.63) is 0 Å². The van der Waals surface area contributed by atoms with Gasteiger partial charge in [0.05, 0.1) is 25.7 Å². The topological polar surface area (TPSA) is 76.1 Å². The van der Waals surface area contributed by atoms with Crippen LogP contribution in [0.1, 0.15) is 226 Å². The number of aliphatic hydroxyl groups excluding tert-OH is 1. The molecule has 50 heavy (non-hydrogen) atoms. The van der Waals surface area contributed by atoms with Crippen molar-refractivity contribution in [3.8, 4) is 0 Å². The molecular weight excluding hydrogens is 622 g/mol. The normalized spacial score (nSPS) is 11.6. The highest BCUT2D eigenvalue weighted by Crippen LogP contribution is 2.21. The predicted molar refractivity (Wildman–Crippen MR) is 214 cm³/mol. The van der Waals surface area contributed by atoms with Crippen molar-refractivity contribution in [2.45, 2.75) is 226 Å². The second kappa shape index (κ2) is 40.6. The number of aliphatic hydroxyl groups is 1. The lowest BCUT2D eigenvalue weighted by Crippen LogP contribution is -2.29. The van der Waals surface area contributed by atoms with E-state index in [1.54, 1.807) is 0 Å². The van der Waals surface area contributed by atoms with Crippen molar-refractivity contribution in [2.24, 2.45) is 5.92 Å². The van der Waals surface area contributed by atoms with Crippen LogP contribution in [0.15, 0.2) is 0 Å². The Bertz CT molecular complexity index is 686. The summed E-state index contributed by atoms with van der Waals surface area (Å²) in [5.41, 5.74) is 0. The molecule has 0 amide bonds. The van der Waals surface area contributed by atoms with Gasteiger partial charge in [0.2, 0.25) is 0 Å². The van der Waals surface area contributed by atoms with Gasteiger partial charge in [0.25, 0.3) is 0 Å². The van der Waals surface area contributed by atoms with Crippen LogP contribution in [0.3, 0.4) is 0 Å². The van der Waals surface area contributed by atoms with E-state index in [2.05, 4.69) is 25.7 Å². The van der Waals surface area contributed by atoms with Gasteiger partial charge in [-0.2, -0.15) is 0 Å². The van der Waals surface area contributed by atoms with E-state index in [-0.39, 0.29) is 24.5 Å². The maximum Gasteiger partial charge on any atom is 0.308 e. The highest BCUT2D eigenvalue weighted by atomic mass is 16.5. The highest BCUT2D eigenvalue weighted by molar-refractivity contribution is 5.72. The molecule has 0 atom stereocenters. The van der Waals surface area contributed by atoms with E-state index < -0.39 is 0 Å². The van der Waals surface area contributed by atoms with E-state index >= 15 is 0 Å². The zero-order chi connectivity index (χ0) is 36.6. The summed E-state index contributed by atoms with van der Waals surface area (Å²) in [5.74, 6) is 0.124. The quantitative estimate of drug-likeness (QED) is 0.0503. The van der Waals surface area contributed by atoms with E-state index in [4.69, 9.17) is 9.47 Å². The molecule has 0 heterocycles. The number of unbranched alkanes of at least 4 members (excludes halogenated alkanes) is 24. The number of ether oxygens (including phenoxy) is 2. The molecule has 0 fully saturated rings. The third-order valence-corrected chi connectivity index (χ3v) is 10.3. The Labute approximate surface area is 312 Å². The third kappa shape index (κ3) is 35.3. The number of carbonyl (C=O) groups is 2. The molecule has 1 N–H and O–H groups in total. The minimum atomic E-state index is -0.0302. The van der Waals surface area contributed by atoms with Gasteiger partial charge < -0.3 is 19.5 Å². The van der Waals surface area contributed by atoms with Crippen molar-refractivity contribution >= 4 is 11.9 Å². The van der Waals surface area contributed by atoms with Gasteiger partial charge in [0.15, 0.2) is 0 Å². The first kappa shape index (κ1) is 48.9. The van der Waals surface area contributed by atoms with Gasteiger partial charge in [-0.3, -0.25) is 9.59 Å². The van der Waals surface area contributed by atoms with Crippen LogP contribution in [0.5, 0.6) is 0 Å². The molecule has 0 unspecified atom stereocenters. The molecule has 0 radical (unpaired) electrons. The Morgan fingerprint density at radius 2 is 0.840 bits per heavy atom. The van der Waals surface area contributed by atoms with E-state index in [1.165, 1.54) is 122 Å². The molecule has 298 valence electrons. The summed E-state index contributed by atoms with van der Waals surface area (Å²) in [6, 6.07) is 0. The maximum absolute atomic E-state index is 12.9. The molecule has 0 saturated heterocycles. The van der Waals surface area contributed by atoms with Crippen LogP contribution in [-0.4, -0.2) is 61.4 Å². The minimum Gasteiger partial charge on any atom is -0.466 e. The largest absolute Gasteiger partial charge is 0.466 e. The Hall–Kier alpha value is -1.14. The van der Waals surface area contributed by atoms with Gasteiger partial charge in [0.1, 0.15) is 0 Å². The van der Waals surface area contributed by atoms with Crippen LogP contribution in [0.25, 0.3) is 0 Å². The first-order valence-corrected chi connectivity index (χ1v) is 22.2. The third-order valence-electron chi connectivity index (χ3n) is 10.3. The van der Waals surface area contributed by atoms with Crippen LogP contribution < -0.4 is 0 Å². The van der Waals surface area contributed by atoms with Gasteiger partial charge in [-0.1, -0.05) is 175 Å². The highest BCUT2D eigenvalue weighted by Gasteiger charge is 2.19. The van der Waals surface area contributed by atoms with Crippen LogP contribution in [0, 0.1) is 5.92 Å². The van der Waals surface area contributed by atoms with Crippen molar-refractivity contribution in [2.75, 3.05) is 39.5 Å². The average molecular weight is 710 g/mol. The first-order valence-electron chi connectivity index (χ1n) is 22.2. The predicted octanol–water partition coefficient (Wildman–Crippen LogP) is 12.5. The molecular formula is C44H87NO5. The lowest BCUT2D eigenvalue weighted by atomic mass is 9.94. The Morgan fingerprint density at radius 3 is 1.30 bits per heavy atom. The maximum atomic E-state index is 12.9. The second-order valence-electron chi connectivity index (χ2n) is 15.2. The van der Waals surface area contributed by atoms with Crippen LogP contribution in [0.2, 0.25) is 0 Å². The van der Waals surface area contributed by atoms with Gasteiger partial charge in [-0.15, -0.1) is 0 Å². The molecule has 0 rings (SSSR count). The van der Waals surface area contributed by atoms with E-state index in [1.807, 2.05) is 0 Å². The van der Waals surface area contributed by atoms with Crippen molar-refractivity contribution in [1.29, 1.82) is 0 Å². The standard InChI is InChI=1S/C44H87NO5/c1-4-7-10-13-16-24-31-40-49-43(47)35-28-21-17-22-29-36-45(38-39-46)37-30-23-18-25-32-41-50-44(48)42(33-26-19-14-11-8-5-2)34-27-20-15-12-9-6-3/h42,46H,4-41H2,1-3H3. The fraction of sp³-hybridized carbons (Fsp3) is 0.955. The molecule has 0 aliphatic carbocycles. The van der Waals surface area contributed by atoms with Gasteiger partial charge in [0, 0.05) is 13.0 Å². The van der Waals surface area contributed by atoms with Crippen LogP contribution >= 0.6 is 0 Å². The number of hydrogen-bond acceptors (Lipinski definition) is 6. The summed E-state index contributed by atoms with van der Waals surface area (Å²) in [6.45, 7) is 10.9. The fourth-order valence-corrected chi connectivity index (χ4v) is 6.91. The number of nitrogens with zero attached hydrogens (tertiary/aromatic N) is 1. The molecule has 6 heteroatoms. The average Bonchev–Trinajstić information content (AvgIpc) is 3.11. The molecule has 0 bridgehead atoms. The van der Waals surface area contributed by atoms with Gasteiger partial charge >= 0.3 is 11.9 Å². The summed E-state index contributed by atoms with van der Waals surface area (Å²) in [4.78, 5) is 27.3. The van der Waals surface area contributed by atoms with Crippen molar-refractivity contribution in [3.63, 3.8) is 0 Å². The summed E-state index contributed by atoms with van der Waals surface area (Å²) < 4.78 is 11.2. The number of carbonyl (C=O) groups excluding carboxylic acids is 2. The zero-order valence-electron chi connectivity index (χ0n) is 34.0. The molecule has 0 aromatic carbocycles. The van der Waals surface area contributed by atoms with Gasteiger partial charge in [-0.05, 0) is 58.0 Å². The summed E-state index contributed by atoms with van der Waals surface area (Å²) in [5, 5.41) is 9.54. The summed E-state index contributed by atoms with van der Waals surface area (Å²) in [6.07, 6.45) is 37.5. The zero-order valence-corrected chi connectivity index (χ0v) is 34.0. The molecule has 6 nitrogen and oxygen atoms in total. The molecule has 0 aliphatic rings. The van der Waals surface area contributed by atoms with Crippen LogP contribution in [-0.2, 0) is 19.1 Å².